The van der Waals surface area contributed by atoms with Gasteiger partial charge in [-0.1, -0.05) is 56.3 Å². The molecule has 0 saturated heterocycles. The SMILES string of the molecule is CCN(CC)S(=O)(=O)c1cccc(NC(=O)CN(c2ccccc2)c2ccccc2)c1. The first kappa shape index (κ1) is 22.5. The normalized spacial score (nSPS) is 11.3. The van der Waals surface area contributed by atoms with Crippen LogP contribution in [0.1, 0.15) is 13.8 Å². The summed E-state index contributed by atoms with van der Waals surface area (Å²) in [6.45, 7) is 4.46. The number of rotatable bonds is 9. The second-order valence-electron chi connectivity index (χ2n) is 6.92. The van der Waals surface area contributed by atoms with Gasteiger partial charge in [0.15, 0.2) is 0 Å². The third kappa shape index (κ3) is 5.51. The van der Waals surface area contributed by atoms with Crippen LogP contribution in [0.25, 0.3) is 0 Å². The van der Waals surface area contributed by atoms with E-state index in [1.54, 1.807) is 32.0 Å². The minimum absolute atomic E-state index is 0.0844. The second kappa shape index (κ2) is 10.2. The summed E-state index contributed by atoms with van der Waals surface area (Å²) in [5, 5.41) is 2.84. The zero-order valence-electron chi connectivity index (χ0n) is 17.7. The maximum atomic E-state index is 12.9. The van der Waals surface area contributed by atoms with Crippen molar-refractivity contribution in [1.82, 2.24) is 4.31 Å². The van der Waals surface area contributed by atoms with Gasteiger partial charge in [0.1, 0.15) is 6.54 Å². The minimum atomic E-state index is -3.60. The molecule has 3 aromatic carbocycles. The van der Waals surface area contributed by atoms with Crippen molar-refractivity contribution < 1.29 is 13.2 Å². The Hall–Kier alpha value is -3.16. The van der Waals surface area contributed by atoms with Crippen LogP contribution in [-0.2, 0) is 14.8 Å². The molecule has 3 rings (SSSR count). The number of benzene rings is 3. The summed E-state index contributed by atoms with van der Waals surface area (Å²) in [6, 6.07) is 25.7. The molecular formula is C24H27N3O3S. The third-order valence-corrected chi connectivity index (χ3v) is 6.94. The molecule has 0 aromatic heterocycles. The van der Waals surface area contributed by atoms with Gasteiger partial charge < -0.3 is 10.2 Å². The van der Waals surface area contributed by atoms with E-state index in [2.05, 4.69) is 5.32 Å². The molecule has 6 nitrogen and oxygen atoms in total. The van der Waals surface area contributed by atoms with Crippen molar-refractivity contribution in [2.45, 2.75) is 18.7 Å². The van der Waals surface area contributed by atoms with Gasteiger partial charge in [-0.25, -0.2) is 8.42 Å². The van der Waals surface area contributed by atoms with Crippen molar-refractivity contribution in [3.8, 4) is 0 Å². The summed E-state index contributed by atoms with van der Waals surface area (Å²) >= 11 is 0. The van der Waals surface area contributed by atoms with E-state index in [0.29, 0.717) is 18.8 Å². The van der Waals surface area contributed by atoms with Crippen LogP contribution in [0.15, 0.2) is 89.8 Å². The molecule has 0 heterocycles. The topological polar surface area (TPSA) is 69.7 Å². The number of hydrogen-bond acceptors (Lipinski definition) is 4. The Morgan fingerprint density at radius 1 is 0.806 bits per heavy atom. The summed E-state index contributed by atoms with van der Waals surface area (Å²) in [7, 11) is -3.60. The van der Waals surface area contributed by atoms with Crippen LogP contribution in [0, 0.1) is 0 Å². The molecule has 0 aliphatic heterocycles. The van der Waals surface area contributed by atoms with E-state index in [1.807, 2.05) is 65.6 Å². The number of para-hydroxylation sites is 2. The number of carbonyl (C=O) groups is 1. The lowest BCUT2D eigenvalue weighted by atomic mass is 10.2. The van der Waals surface area contributed by atoms with Gasteiger partial charge in [-0.3, -0.25) is 4.79 Å². The maximum Gasteiger partial charge on any atom is 0.244 e. The molecule has 0 atom stereocenters. The number of nitrogens with one attached hydrogen (secondary N) is 1. The Morgan fingerprint density at radius 2 is 1.35 bits per heavy atom. The highest BCUT2D eigenvalue weighted by Gasteiger charge is 2.22. The summed E-state index contributed by atoms with van der Waals surface area (Å²) in [4.78, 5) is 14.9. The predicted molar refractivity (Wildman–Crippen MR) is 125 cm³/mol. The fourth-order valence-electron chi connectivity index (χ4n) is 3.34. The van der Waals surface area contributed by atoms with Gasteiger partial charge in [0, 0.05) is 30.2 Å². The van der Waals surface area contributed by atoms with Gasteiger partial charge in [-0.05, 0) is 42.5 Å². The van der Waals surface area contributed by atoms with Gasteiger partial charge in [-0.15, -0.1) is 0 Å². The molecule has 0 aliphatic carbocycles. The van der Waals surface area contributed by atoms with Crippen LogP contribution < -0.4 is 10.2 Å². The van der Waals surface area contributed by atoms with Crippen LogP contribution in [-0.4, -0.2) is 38.3 Å². The van der Waals surface area contributed by atoms with E-state index in [9.17, 15) is 13.2 Å². The molecule has 0 aliphatic rings. The van der Waals surface area contributed by atoms with Gasteiger partial charge >= 0.3 is 0 Å². The Kier molecular flexibility index (Phi) is 7.44. The van der Waals surface area contributed by atoms with Gasteiger partial charge in [0.25, 0.3) is 0 Å². The summed E-state index contributed by atoms with van der Waals surface area (Å²) < 4.78 is 27.0. The highest BCUT2D eigenvalue weighted by molar-refractivity contribution is 7.89. The lowest BCUT2D eigenvalue weighted by Crippen LogP contribution is -2.31. The number of carbonyl (C=O) groups excluding carboxylic acids is 1. The minimum Gasteiger partial charge on any atom is -0.332 e. The van der Waals surface area contributed by atoms with Gasteiger partial charge in [-0.2, -0.15) is 4.31 Å². The Balaban J connectivity index is 1.81. The molecule has 7 heteroatoms. The van der Waals surface area contributed by atoms with E-state index in [0.717, 1.165) is 11.4 Å². The number of amides is 1. The average Bonchev–Trinajstić information content (AvgIpc) is 2.79. The van der Waals surface area contributed by atoms with E-state index in [1.165, 1.54) is 10.4 Å². The largest absolute Gasteiger partial charge is 0.332 e. The number of sulfonamides is 1. The molecule has 0 fully saturated rings. The monoisotopic (exact) mass is 437 g/mol. The van der Waals surface area contributed by atoms with Crippen molar-refractivity contribution in [2.75, 3.05) is 29.9 Å². The smallest absolute Gasteiger partial charge is 0.244 e. The van der Waals surface area contributed by atoms with Crippen molar-refractivity contribution in [2.24, 2.45) is 0 Å². The summed E-state index contributed by atoms with van der Waals surface area (Å²) in [5.41, 5.74) is 2.22. The molecule has 162 valence electrons. The predicted octanol–water partition coefficient (Wildman–Crippen LogP) is 4.49. The Bertz CT molecular complexity index is 1060. The van der Waals surface area contributed by atoms with E-state index >= 15 is 0 Å². The maximum absolute atomic E-state index is 12.9. The molecule has 0 spiro atoms. The molecule has 0 bridgehead atoms. The van der Waals surface area contributed by atoms with Crippen molar-refractivity contribution in [1.29, 1.82) is 0 Å². The summed E-state index contributed by atoms with van der Waals surface area (Å²) in [6.07, 6.45) is 0. The van der Waals surface area contributed by atoms with Crippen molar-refractivity contribution >= 4 is 33.0 Å². The van der Waals surface area contributed by atoms with Crippen molar-refractivity contribution in [3.05, 3.63) is 84.9 Å². The third-order valence-electron chi connectivity index (χ3n) is 4.90. The fourth-order valence-corrected chi connectivity index (χ4v) is 4.84. The number of anilines is 3. The standard InChI is InChI=1S/C24H27N3O3S/c1-3-26(4-2)31(29,30)23-17-11-12-20(18-23)25-24(28)19-27(21-13-7-5-8-14-21)22-15-9-6-10-16-22/h5-18H,3-4,19H2,1-2H3,(H,25,28). The van der Waals surface area contributed by atoms with Crippen LogP contribution in [0.5, 0.6) is 0 Å². The highest BCUT2D eigenvalue weighted by atomic mass is 32.2. The Labute approximate surface area is 184 Å². The lowest BCUT2D eigenvalue weighted by Gasteiger charge is -2.24. The van der Waals surface area contributed by atoms with E-state index in [4.69, 9.17) is 0 Å². The van der Waals surface area contributed by atoms with Gasteiger partial charge in [0.05, 0.1) is 4.90 Å². The highest BCUT2D eigenvalue weighted by Crippen LogP contribution is 2.25. The molecule has 0 radical (unpaired) electrons. The lowest BCUT2D eigenvalue weighted by molar-refractivity contribution is -0.114. The molecule has 1 amide bonds. The first-order valence-corrected chi connectivity index (χ1v) is 11.7. The fraction of sp³-hybridized carbons (Fsp3) is 0.208. The van der Waals surface area contributed by atoms with Crippen LogP contribution in [0.4, 0.5) is 17.1 Å². The molecular weight excluding hydrogens is 410 g/mol. The summed E-state index contributed by atoms with van der Waals surface area (Å²) in [5.74, 6) is -0.245. The molecule has 31 heavy (non-hydrogen) atoms. The van der Waals surface area contributed by atoms with Crippen LogP contribution in [0.2, 0.25) is 0 Å². The van der Waals surface area contributed by atoms with E-state index in [-0.39, 0.29) is 17.3 Å². The van der Waals surface area contributed by atoms with Crippen LogP contribution in [0.3, 0.4) is 0 Å². The van der Waals surface area contributed by atoms with E-state index < -0.39 is 10.0 Å². The van der Waals surface area contributed by atoms with Crippen LogP contribution >= 0.6 is 0 Å². The second-order valence-corrected chi connectivity index (χ2v) is 8.86. The quantitative estimate of drug-likeness (QED) is 0.535. The van der Waals surface area contributed by atoms with Crippen molar-refractivity contribution in [3.63, 3.8) is 0 Å². The first-order valence-electron chi connectivity index (χ1n) is 10.2. The zero-order valence-corrected chi connectivity index (χ0v) is 18.5. The van der Waals surface area contributed by atoms with Gasteiger partial charge in [0.2, 0.25) is 15.9 Å². The molecule has 1 N–H and O–H groups in total. The zero-order chi connectivity index (χ0) is 22.3. The first-order chi connectivity index (χ1) is 15.0. The number of nitrogens with zero attached hydrogens (tertiary/aromatic N) is 2. The number of hydrogen-bond donors (Lipinski definition) is 1. The molecule has 0 saturated carbocycles. The average molecular weight is 438 g/mol. The molecule has 0 unspecified atom stereocenters. The molecule has 3 aromatic rings. The Morgan fingerprint density at radius 3 is 1.87 bits per heavy atom.